The third kappa shape index (κ3) is 6.23. The SMILES string of the molecule is CC.CCCC(CC)Cc1ccc(C(C)C)cc1. The van der Waals surface area contributed by atoms with Gasteiger partial charge in [0.05, 0.1) is 0 Å². The smallest absolute Gasteiger partial charge is 0.0219 e. The molecular weight excluding hydrogens is 216 g/mol. The largest absolute Gasteiger partial charge is 0.0683 e. The summed E-state index contributed by atoms with van der Waals surface area (Å²) in [6.45, 7) is 13.1. The highest BCUT2D eigenvalue weighted by Gasteiger charge is 2.06. The second-order valence-electron chi connectivity index (χ2n) is 5.16. The maximum absolute atomic E-state index is 2.31. The van der Waals surface area contributed by atoms with Crippen molar-refractivity contribution in [1.82, 2.24) is 0 Å². The standard InChI is InChI=1S/C16H26.C2H6/c1-5-7-14(6-2)12-15-8-10-16(11-9-15)13(3)4;1-2/h8-11,13-14H,5-7,12H2,1-4H3;1-2H3. The molecule has 1 unspecified atom stereocenters. The van der Waals surface area contributed by atoms with Crippen molar-refractivity contribution >= 4 is 0 Å². The molecule has 0 aliphatic heterocycles. The van der Waals surface area contributed by atoms with Gasteiger partial charge in [-0.05, 0) is 29.4 Å². The molecule has 0 aromatic heterocycles. The summed E-state index contributed by atoms with van der Waals surface area (Å²) < 4.78 is 0. The zero-order chi connectivity index (χ0) is 14.0. The lowest BCUT2D eigenvalue weighted by Gasteiger charge is -2.14. The van der Waals surface area contributed by atoms with Crippen LogP contribution in [-0.4, -0.2) is 0 Å². The van der Waals surface area contributed by atoms with Gasteiger partial charge in [0.25, 0.3) is 0 Å². The quantitative estimate of drug-likeness (QED) is 0.562. The first kappa shape index (κ1) is 17.2. The first-order chi connectivity index (χ1) is 8.67. The van der Waals surface area contributed by atoms with E-state index in [9.17, 15) is 0 Å². The lowest BCUT2D eigenvalue weighted by atomic mass is 9.91. The predicted octanol–water partition coefficient (Wildman–Crippen LogP) is 6.21. The van der Waals surface area contributed by atoms with E-state index in [1.54, 1.807) is 0 Å². The van der Waals surface area contributed by atoms with Crippen molar-refractivity contribution in [3.8, 4) is 0 Å². The Labute approximate surface area is 115 Å². The van der Waals surface area contributed by atoms with Gasteiger partial charge in [-0.1, -0.05) is 85.1 Å². The topological polar surface area (TPSA) is 0 Å². The van der Waals surface area contributed by atoms with E-state index >= 15 is 0 Å². The first-order valence-corrected chi connectivity index (χ1v) is 7.76. The molecule has 104 valence electrons. The molecule has 1 aromatic rings. The molecule has 0 bridgehead atoms. The van der Waals surface area contributed by atoms with Gasteiger partial charge in [-0.25, -0.2) is 0 Å². The molecule has 0 fully saturated rings. The lowest BCUT2D eigenvalue weighted by Crippen LogP contribution is -2.03. The minimum absolute atomic E-state index is 0.645. The number of rotatable bonds is 6. The monoisotopic (exact) mass is 248 g/mol. The fourth-order valence-electron chi connectivity index (χ4n) is 2.23. The summed E-state index contributed by atoms with van der Waals surface area (Å²) in [6.07, 6.45) is 5.23. The normalized spacial score (nSPS) is 11.9. The van der Waals surface area contributed by atoms with Gasteiger partial charge in [0.2, 0.25) is 0 Å². The van der Waals surface area contributed by atoms with Gasteiger partial charge in [-0.15, -0.1) is 0 Å². The molecule has 0 nitrogen and oxygen atoms in total. The molecule has 1 atom stereocenters. The van der Waals surface area contributed by atoms with Crippen LogP contribution in [0.1, 0.15) is 77.8 Å². The van der Waals surface area contributed by atoms with Gasteiger partial charge < -0.3 is 0 Å². The van der Waals surface area contributed by atoms with Crippen LogP contribution in [0.4, 0.5) is 0 Å². The van der Waals surface area contributed by atoms with Crippen molar-refractivity contribution in [3.05, 3.63) is 35.4 Å². The molecule has 1 aromatic carbocycles. The molecule has 0 aliphatic rings. The van der Waals surface area contributed by atoms with Crippen LogP contribution in [-0.2, 0) is 6.42 Å². The van der Waals surface area contributed by atoms with Crippen molar-refractivity contribution < 1.29 is 0 Å². The van der Waals surface area contributed by atoms with E-state index in [1.165, 1.54) is 36.8 Å². The Balaban J connectivity index is 0.00000137. The molecule has 0 radical (unpaired) electrons. The van der Waals surface area contributed by atoms with Gasteiger partial charge in [0.15, 0.2) is 0 Å². The van der Waals surface area contributed by atoms with Crippen LogP contribution in [0.5, 0.6) is 0 Å². The molecule has 0 N–H and O–H groups in total. The Morgan fingerprint density at radius 3 is 1.89 bits per heavy atom. The van der Waals surface area contributed by atoms with Crippen LogP contribution >= 0.6 is 0 Å². The van der Waals surface area contributed by atoms with Crippen molar-refractivity contribution in [2.45, 2.75) is 73.1 Å². The van der Waals surface area contributed by atoms with Crippen LogP contribution in [0.15, 0.2) is 24.3 Å². The molecule has 0 heteroatoms. The first-order valence-electron chi connectivity index (χ1n) is 7.76. The zero-order valence-electron chi connectivity index (χ0n) is 13.3. The Hall–Kier alpha value is -0.780. The molecule has 0 amide bonds. The molecule has 18 heavy (non-hydrogen) atoms. The lowest BCUT2D eigenvalue weighted by molar-refractivity contribution is 0.462. The summed E-state index contributed by atoms with van der Waals surface area (Å²) in [5, 5.41) is 0. The van der Waals surface area contributed by atoms with E-state index in [4.69, 9.17) is 0 Å². The fraction of sp³-hybridized carbons (Fsp3) is 0.667. The van der Waals surface area contributed by atoms with Gasteiger partial charge in [-0.2, -0.15) is 0 Å². The Kier molecular flexibility index (Phi) is 9.73. The molecule has 0 spiro atoms. The molecule has 0 saturated heterocycles. The maximum atomic E-state index is 2.31. The predicted molar refractivity (Wildman–Crippen MR) is 84.3 cm³/mol. The average Bonchev–Trinajstić information content (AvgIpc) is 2.41. The molecule has 0 heterocycles. The second kappa shape index (κ2) is 10.2. The highest BCUT2D eigenvalue weighted by molar-refractivity contribution is 5.24. The van der Waals surface area contributed by atoms with Gasteiger partial charge in [-0.3, -0.25) is 0 Å². The van der Waals surface area contributed by atoms with Gasteiger partial charge in [0, 0.05) is 0 Å². The van der Waals surface area contributed by atoms with E-state index in [1.807, 2.05) is 13.8 Å². The minimum atomic E-state index is 0.645. The maximum Gasteiger partial charge on any atom is -0.0219 e. The van der Waals surface area contributed by atoms with Crippen molar-refractivity contribution in [2.75, 3.05) is 0 Å². The summed E-state index contributed by atoms with van der Waals surface area (Å²) in [7, 11) is 0. The summed E-state index contributed by atoms with van der Waals surface area (Å²) in [6, 6.07) is 9.21. The third-order valence-corrected chi connectivity index (χ3v) is 3.45. The fourth-order valence-corrected chi connectivity index (χ4v) is 2.23. The second-order valence-corrected chi connectivity index (χ2v) is 5.16. The van der Waals surface area contributed by atoms with Crippen LogP contribution in [0.3, 0.4) is 0 Å². The van der Waals surface area contributed by atoms with Crippen LogP contribution < -0.4 is 0 Å². The highest BCUT2D eigenvalue weighted by Crippen LogP contribution is 2.20. The van der Waals surface area contributed by atoms with Gasteiger partial charge in [0.1, 0.15) is 0 Å². The van der Waals surface area contributed by atoms with E-state index < -0.39 is 0 Å². The van der Waals surface area contributed by atoms with E-state index in [2.05, 4.69) is 52.0 Å². The van der Waals surface area contributed by atoms with E-state index in [-0.39, 0.29) is 0 Å². The van der Waals surface area contributed by atoms with Gasteiger partial charge >= 0.3 is 0 Å². The third-order valence-electron chi connectivity index (χ3n) is 3.45. The van der Waals surface area contributed by atoms with Crippen molar-refractivity contribution in [1.29, 1.82) is 0 Å². The molecule has 0 aliphatic carbocycles. The van der Waals surface area contributed by atoms with Crippen molar-refractivity contribution in [3.63, 3.8) is 0 Å². The highest BCUT2D eigenvalue weighted by atomic mass is 14.1. The summed E-state index contributed by atoms with van der Waals surface area (Å²) in [5.41, 5.74) is 2.96. The van der Waals surface area contributed by atoms with Crippen LogP contribution in [0, 0.1) is 5.92 Å². The number of hydrogen-bond donors (Lipinski definition) is 0. The Bertz CT molecular complexity index is 281. The number of hydrogen-bond acceptors (Lipinski definition) is 0. The minimum Gasteiger partial charge on any atom is -0.0683 e. The molecular formula is C18H32. The zero-order valence-corrected chi connectivity index (χ0v) is 13.3. The molecule has 0 saturated carbocycles. The van der Waals surface area contributed by atoms with E-state index in [0.29, 0.717) is 5.92 Å². The molecule has 1 rings (SSSR count). The van der Waals surface area contributed by atoms with E-state index in [0.717, 1.165) is 5.92 Å². The average molecular weight is 248 g/mol. The number of benzene rings is 1. The summed E-state index contributed by atoms with van der Waals surface area (Å²) >= 11 is 0. The van der Waals surface area contributed by atoms with Crippen LogP contribution in [0.25, 0.3) is 0 Å². The van der Waals surface area contributed by atoms with Crippen molar-refractivity contribution in [2.24, 2.45) is 5.92 Å². The Morgan fingerprint density at radius 2 is 1.50 bits per heavy atom. The summed E-state index contributed by atoms with van der Waals surface area (Å²) in [5.74, 6) is 1.52. The Morgan fingerprint density at radius 1 is 0.944 bits per heavy atom. The van der Waals surface area contributed by atoms with Crippen LogP contribution in [0.2, 0.25) is 0 Å². The summed E-state index contributed by atoms with van der Waals surface area (Å²) in [4.78, 5) is 0.